The Morgan fingerprint density at radius 2 is 1.39 bits per heavy atom. The molecule has 1 aromatic heterocycles. The van der Waals surface area contributed by atoms with Crippen LogP contribution in [0.3, 0.4) is 0 Å². The summed E-state index contributed by atoms with van der Waals surface area (Å²) in [5.74, 6) is -0.611. The van der Waals surface area contributed by atoms with Crippen molar-refractivity contribution in [2.75, 3.05) is 6.54 Å². The van der Waals surface area contributed by atoms with Gasteiger partial charge in [-0.1, -0.05) is 98.2 Å². The highest BCUT2D eigenvalue weighted by atomic mass is 16.3. The zero-order valence-corrected chi connectivity index (χ0v) is 27.2. The molecule has 230 valence electrons. The molecule has 1 unspecified atom stereocenters. The highest BCUT2D eigenvalue weighted by molar-refractivity contribution is 6.22. The summed E-state index contributed by atoms with van der Waals surface area (Å²) in [6.45, 7) is 17.8. The fourth-order valence-electron chi connectivity index (χ4n) is 6.79. The van der Waals surface area contributed by atoms with Crippen molar-refractivity contribution in [1.82, 2.24) is 19.9 Å². The fraction of sp³-hybridized carbons (Fsp3) is 0.444. The Balaban J connectivity index is 1.73. The molecule has 0 saturated heterocycles. The van der Waals surface area contributed by atoms with E-state index in [1.807, 2.05) is 31.2 Å². The Bertz CT molecular complexity index is 1700. The van der Waals surface area contributed by atoms with Crippen LogP contribution in [-0.2, 0) is 10.8 Å². The second-order valence-corrected chi connectivity index (χ2v) is 14.1. The number of unbranched alkanes of at least 4 members (excludes halogenated alkanes) is 1. The topological polar surface area (TPSA) is 97.5 Å². The summed E-state index contributed by atoms with van der Waals surface area (Å²) < 4.78 is 0. The Labute approximate surface area is 259 Å². The normalized spacial score (nSPS) is 15.1. The highest BCUT2D eigenvalue weighted by Gasteiger charge is 2.38. The molecule has 3 aromatic carbocycles. The van der Waals surface area contributed by atoms with Crippen LogP contribution in [-0.4, -0.2) is 38.3 Å². The summed E-state index contributed by atoms with van der Waals surface area (Å²) in [5.41, 5.74) is 4.63. The second-order valence-electron chi connectivity index (χ2n) is 14.1. The van der Waals surface area contributed by atoms with Gasteiger partial charge in [0, 0.05) is 12.0 Å². The number of benzene rings is 3. The van der Waals surface area contributed by atoms with Crippen molar-refractivity contribution >= 4 is 28.5 Å². The molecule has 2 heterocycles. The third kappa shape index (κ3) is 5.46. The number of imide groups is 1. The number of carbonyl (C=O) groups is 2. The Kier molecular flexibility index (Phi) is 8.08. The first-order valence-electron chi connectivity index (χ1n) is 15.6. The molecule has 1 atom stereocenters. The van der Waals surface area contributed by atoms with Gasteiger partial charge >= 0.3 is 0 Å². The van der Waals surface area contributed by atoms with Gasteiger partial charge in [-0.25, -0.2) is 0 Å². The Morgan fingerprint density at radius 3 is 1.89 bits per heavy atom. The number of aromatic nitrogens is 3. The minimum absolute atomic E-state index is 0.0577. The number of nitrogens with zero attached hydrogens (tertiary/aromatic N) is 5. The maximum Gasteiger partial charge on any atom is 0.261 e. The van der Waals surface area contributed by atoms with Crippen molar-refractivity contribution in [3.8, 4) is 5.69 Å². The lowest BCUT2D eigenvalue weighted by atomic mass is 9.68. The molecule has 5 rings (SSSR count). The van der Waals surface area contributed by atoms with Crippen LogP contribution >= 0.6 is 0 Å². The van der Waals surface area contributed by atoms with E-state index in [4.69, 9.17) is 10.2 Å². The van der Waals surface area contributed by atoms with Crippen LogP contribution in [0.2, 0.25) is 0 Å². The molecule has 8 nitrogen and oxygen atoms in total. The zero-order chi connectivity index (χ0) is 32.0. The molecule has 44 heavy (non-hydrogen) atoms. The number of hydrogen-bond donors (Lipinski definition) is 0. The summed E-state index contributed by atoms with van der Waals surface area (Å²) in [7, 11) is 0. The van der Waals surface area contributed by atoms with Crippen LogP contribution in [0.15, 0.2) is 59.8 Å². The molecular formula is C36H43N5O3. The molecule has 4 aromatic rings. The minimum atomic E-state index is -0.512. The SMILES string of the molecule is CCCCN1C(=O)c2cc3nn(-c4cc(C(C)(C)CC(C)(C)C)cc(C(C)(CC)c5ccccc5)c4N=O)nc3cc2C1=O. The standard InChI is InChI=1S/C36H43N5O3/c1-9-11-17-40-32(42)25-20-28-29(21-26(25)33(40)43)38-41(37-28)30-19-24(35(6,7)22-34(3,4)5)18-27(31(30)39-44)36(8,10-2)23-15-13-12-14-16-23/h12-16,18-21H,9-11,17,22H2,1-8H3. The van der Waals surface area contributed by atoms with Crippen LogP contribution < -0.4 is 0 Å². The number of amides is 2. The van der Waals surface area contributed by atoms with Crippen molar-refractivity contribution in [1.29, 1.82) is 0 Å². The molecular weight excluding hydrogens is 550 g/mol. The van der Waals surface area contributed by atoms with Crippen molar-refractivity contribution in [2.24, 2.45) is 10.6 Å². The third-order valence-corrected chi connectivity index (χ3v) is 9.07. The molecule has 0 aliphatic carbocycles. The number of hydrogen-bond acceptors (Lipinski definition) is 6. The summed E-state index contributed by atoms with van der Waals surface area (Å²) in [5, 5.41) is 13.1. The minimum Gasteiger partial charge on any atom is -0.274 e. The molecule has 0 bridgehead atoms. The predicted molar refractivity (Wildman–Crippen MR) is 175 cm³/mol. The van der Waals surface area contributed by atoms with Gasteiger partial charge in [0.05, 0.1) is 11.1 Å². The molecule has 1 aliphatic heterocycles. The monoisotopic (exact) mass is 593 g/mol. The molecule has 0 radical (unpaired) electrons. The van der Waals surface area contributed by atoms with Gasteiger partial charge < -0.3 is 0 Å². The quantitative estimate of drug-likeness (QED) is 0.135. The van der Waals surface area contributed by atoms with E-state index in [-0.39, 0.29) is 28.3 Å². The lowest BCUT2D eigenvalue weighted by Crippen LogP contribution is -2.30. The Hall–Kier alpha value is -4.20. The lowest BCUT2D eigenvalue weighted by Gasteiger charge is -2.36. The summed E-state index contributed by atoms with van der Waals surface area (Å²) in [4.78, 5) is 41.8. The lowest BCUT2D eigenvalue weighted by molar-refractivity contribution is 0.0652. The fourth-order valence-corrected chi connectivity index (χ4v) is 6.79. The molecule has 0 spiro atoms. The van der Waals surface area contributed by atoms with Crippen LogP contribution in [0.5, 0.6) is 0 Å². The average Bonchev–Trinajstić information content (AvgIpc) is 3.50. The van der Waals surface area contributed by atoms with Crippen molar-refractivity contribution in [3.05, 3.63) is 87.3 Å². The van der Waals surface area contributed by atoms with Crippen LogP contribution in [0.25, 0.3) is 16.7 Å². The van der Waals surface area contributed by atoms with Crippen LogP contribution in [0.1, 0.15) is 118 Å². The second kappa shape index (κ2) is 11.4. The summed E-state index contributed by atoms with van der Waals surface area (Å²) in [6, 6.07) is 17.6. The number of nitroso groups, excluding NO2 is 1. The number of rotatable bonds is 10. The molecule has 2 amide bonds. The number of carbonyl (C=O) groups excluding carboxylic acids is 2. The van der Waals surface area contributed by atoms with Crippen molar-refractivity contribution in [3.63, 3.8) is 0 Å². The van der Waals surface area contributed by atoms with E-state index in [0.29, 0.717) is 34.4 Å². The van der Waals surface area contributed by atoms with E-state index in [9.17, 15) is 14.5 Å². The van der Waals surface area contributed by atoms with E-state index in [1.54, 1.807) is 12.1 Å². The Morgan fingerprint density at radius 1 is 0.795 bits per heavy atom. The molecule has 0 fully saturated rings. The first-order chi connectivity index (χ1) is 20.7. The smallest absolute Gasteiger partial charge is 0.261 e. The average molecular weight is 594 g/mol. The molecule has 0 saturated carbocycles. The van der Waals surface area contributed by atoms with E-state index in [2.05, 4.69) is 71.8 Å². The zero-order valence-electron chi connectivity index (χ0n) is 27.2. The van der Waals surface area contributed by atoms with Gasteiger partial charge in [0.25, 0.3) is 11.8 Å². The first-order valence-corrected chi connectivity index (χ1v) is 15.6. The van der Waals surface area contributed by atoms with E-state index >= 15 is 0 Å². The third-order valence-electron chi connectivity index (χ3n) is 9.07. The predicted octanol–water partition coefficient (Wildman–Crippen LogP) is 8.64. The maximum atomic E-state index is 13.1. The van der Waals surface area contributed by atoms with Crippen molar-refractivity contribution < 1.29 is 9.59 Å². The van der Waals surface area contributed by atoms with Crippen LogP contribution in [0.4, 0.5) is 5.69 Å². The first kappa shape index (κ1) is 31.2. The van der Waals surface area contributed by atoms with E-state index in [1.165, 1.54) is 9.70 Å². The molecule has 0 N–H and O–H groups in total. The van der Waals surface area contributed by atoms with Gasteiger partial charge in [-0.3, -0.25) is 14.5 Å². The maximum absolute atomic E-state index is 13.1. The highest BCUT2D eigenvalue weighted by Crippen LogP contribution is 2.46. The molecule has 8 heteroatoms. The van der Waals surface area contributed by atoms with Gasteiger partial charge in [0.2, 0.25) is 0 Å². The molecule has 1 aliphatic rings. The van der Waals surface area contributed by atoms with E-state index < -0.39 is 5.41 Å². The number of fused-ring (bicyclic) bond motifs is 2. The summed E-state index contributed by atoms with van der Waals surface area (Å²) >= 11 is 0. The van der Waals surface area contributed by atoms with Gasteiger partial charge in [-0.15, -0.1) is 19.9 Å². The summed E-state index contributed by atoms with van der Waals surface area (Å²) in [6.07, 6.45) is 3.27. The van der Waals surface area contributed by atoms with Gasteiger partial charge in [0.1, 0.15) is 22.4 Å². The van der Waals surface area contributed by atoms with Gasteiger partial charge in [0.15, 0.2) is 0 Å². The van der Waals surface area contributed by atoms with Crippen molar-refractivity contribution in [2.45, 2.75) is 91.9 Å². The largest absolute Gasteiger partial charge is 0.274 e. The van der Waals surface area contributed by atoms with Gasteiger partial charge in [-0.2, -0.15) is 0 Å². The van der Waals surface area contributed by atoms with Crippen LogP contribution in [0, 0.1) is 10.3 Å². The van der Waals surface area contributed by atoms with Gasteiger partial charge in [-0.05, 0) is 70.2 Å². The van der Waals surface area contributed by atoms with E-state index in [0.717, 1.165) is 42.4 Å².